The van der Waals surface area contributed by atoms with E-state index in [4.69, 9.17) is 11.5 Å². The molecule has 0 saturated heterocycles. The Morgan fingerprint density at radius 1 is 1.35 bits per heavy atom. The van der Waals surface area contributed by atoms with Crippen molar-refractivity contribution in [2.75, 3.05) is 17.6 Å². The van der Waals surface area contributed by atoms with E-state index in [9.17, 15) is 14.4 Å². The van der Waals surface area contributed by atoms with Crippen molar-refractivity contribution in [2.24, 2.45) is 12.8 Å². The van der Waals surface area contributed by atoms with Crippen LogP contribution in [0, 0.1) is 0 Å². The standard InChI is InChI=1S/C12H21N5O3/c1-3-4-7-17-10(14)9(15-6-5-8(13)18)11(19)16(2)12(17)20/h15H,3-7,14H2,1-2H3,(H2,13,18). The largest absolute Gasteiger partial charge is 0.383 e. The Balaban J connectivity index is 3.16. The fourth-order valence-electron chi connectivity index (χ4n) is 1.79. The fourth-order valence-corrected chi connectivity index (χ4v) is 1.79. The highest BCUT2D eigenvalue weighted by Gasteiger charge is 2.14. The lowest BCUT2D eigenvalue weighted by Crippen LogP contribution is -2.41. The first-order chi connectivity index (χ1) is 9.40. The number of carbonyl (C=O) groups is 1. The summed E-state index contributed by atoms with van der Waals surface area (Å²) in [5.74, 6) is -0.386. The van der Waals surface area contributed by atoms with Crippen LogP contribution in [0.1, 0.15) is 26.2 Å². The average molecular weight is 283 g/mol. The van der Waals surface area contributed by atoms with Crippen LogP contribution in [0.25, 0.3) is 0 Å². The SMILES string of the molecule is CCCCn1c(N)c(NCCC(N)=O)c(=O)n(C)c1=O. The lowest BCUT2D eigenvalue weighted by molar-refractivity contribution is -0.117. The van der Waals surface area contributed by atoms with Gasteiger partial charge in [0.2, 0.25) is 5.91 Å². The number of rotatable bonds is 7. The number of nitrogen functional groups attached to an aromatic ring is 1. The van der Waals surface area contributed by atoms with Crippen LogP contribution in [-0.4, -0.2) is 21.6 Å². The zero-order valence-corrected chi connectivity index (χ0v) is 11.8. The molecule has 8 nitrogen and oxygen atoms in total. The van der Waals surface area contributed by atoms with Crippen molar-refractivity contribution < 1.29 is 4.79 Å². The van der Waals surface area contributed by atoms with Crippen LogP contribution >= 0.6 is 0 Å². The first-order valence-corrected chi connectivity index (χ1v) is 6.51. The van der Waals surface area contributed by atoms with Crippen molar-refractivity contribution in [1.29, 1.82) is 0 Å². The van der Waals surface area contributed by atoms with Gasteiger partial charge in [0.1, 0.15) is 11.5 Å². The molecule has 0 unspecified atom stereocenters. The summed E-state index contributed by atoms with van der Waals surface area (Å²) in [4.78, 5) is 34.7. The van der Waals surface area contributed by atoms with Crippen molar-refractivity contribution >= 4 is 17.4 Å². The Labute approximate surface area is 116 Å². The van der Waals surface area contributed by atoms with E-state index in [2.05, 4.69) is 5.32 Å². The predicted molar refractivity (Wildman–Crippen MR) is 77.6 cm³/mol. The van der Waals surface area contributed by atoms with E-state index in [1.807, 2.05) is 6.92 Å². The number of nitrogens with one attached hydrogen (secondary N) is 1. The van der Waals surface area contributed by atoms with Crippen LogP contribution in [0.5, 0.6) is 0 Å². The number of primary amides is 1. The molecule has 0 atom stereocenters. The number of unbranched alkanes of at least 4 members (excludes halogenated alkanes) is 1. The predicted octanol–water partition coefficient (Wildman–Crippen LogP) is -0.783. The second-order valence-corrected chi connectivity index (χ2v) is 4.56. The second-order valence-electron chi connectivity index (χ2n) is 4.56. The van der Waals surface area contributed by atoms with Gasteiger partial charge in [-0.15, -0.1) is 0 Å². The Kier molecular flexibility index (Phi) is 5.36. The molecule has 1 aromatic heterocycles. The lowest BCUT2D eigenvalue weighted by Gasteiger charge is -2.15. The first-order valence-electron chi connectivity index (χ1n) is 6.51. The van der Waals surface area contributed by atoms with Crippen molar-refractivity contribution in [3.05, 3.63) is 20.8 Å². The van der Waals surface area contributed by atoms with Gasteiger partial charge in [-0.05, 0) is 6.42 Å². The molecular weight excluding hydrogens is 262 g/mol. The van der Waals surface area contributed by atoms with E-state index < -0.39 is 17.2 Å². The van der Waals surface area contributed by atoms with E-state index in [0.717, 1.165) is 17.4 Å². The van der Waals surface area contributed by atoms with Crippen LogP contribution < -0.4 is 28.0 Å². The number of hydrogen-bond acceptors (Lipinski definition) is 5. The third-order valence-electron chi connectivity index (χ3n) is 2.99. The Bertz CT molecular complexity index is 602. The van der Waals surface area contributed by atoms with Crippen molar-refractivity contribution in [1.82, 2.24) is 9.13 Å². The summed E-state index contributed by atoms with van der Waals surface area (Å²) in [5, 5.41) is 2.78. The summed E-state index contributed by atoms with van der Waals surface area (Å²) in [5.41, 5.74) is 10.1. The first kappa shape index (κ1) is 15.8. The lowest BCUT2D eigenvalue weighted by atomic mass is 10.3. The molecule has 112 valence electrons. The van der Waals surface area contributed by atoms with E-state index >= 15 is 0 Å². The molecule has 0 radical (unpaired) electrons. The second kappa shape index (κ2) is 6.78. The number of nitrogens with two attached hydrogens (primary N) is 2. The van der Waals surface area contributed by atoms with Crippen molar-refractivity contribution in [3.63, 3.8) is 0 Å². The molecule has 0 aromatic carbocycles. The molecule has 0 aliphatic carbocycles. The number of amides is 1. The number of aromatic nitrogens is 2. The summed E-state index contributed by atoms with van der Waals surface area (Å²) in [6, 6.07) is 0. The zero-order chi connectivity index (χ0) is 15.3. The summed E-state index contributed by atoms with van der Waals surface area (Å²) in [6.45, 7) is 2.63. The van der Waals surface area contributed by atoms with E-state index in [1.54, 1.807) is 0 Å². The molecule has 0 fully saturated rings. The summed E-state index contributed by atoms with van der Waals surface area (Å²) < 4.78 is 2.36. The molecule has 5 N–H and O–H groups in total. The molecule has 0 aliphatic heterocycles. The maximum atomic E-state index is 12.0. The molecule has 20 heavy (non-hydrogen) atoms. The fraction of sp³-hybridized carbons (Fsp3) is 0.583. The van der Waals surface area contributed by atoms with E-state index in [-0.39, 0.29) is 24.5 Å². The molecule has 0 spiro atoms. The monoisotopic (exact) mass is 283 g/mol. The van der Waals surface area contributed by atoms with Crippen LogP contribution in [0.2, 0.25) is 0 Å². The van der Waals surface area contributed by atoms with E-state index in [0.29, 0.717) is 6.54 Å². The number of anilines is 2. The maximum absolute atomic E-state index is 12.0. The van der Waals surface area contributed by atoms with Gasteiger partial charge < -0.3 is 16.8 Å². The number of nitrogens with zero attached hydrogens (tertiary/aromatic N) is 2. The van der Waals surface area contributed by atoms with Crippen LogP contribution in [-0.2, 0) is 18.4 Å². The van der Waals surface area contributed by atoms with Crippen LogP contribution in [0.4, 0.5) is 11.5 Å². The molecule has 0 saturated carbocycles. The van der Waals surface area contributed by atoms with Gasteiger partial charge in [0.25, 0.3) is 5.56 Å². The minimum Gasteiger partial charge on any atom is -0.383 e. The highest BCUT2D eigenvalue weighted by atomic mass is 16.2. The maximum Gasteiger partial charge on any atom is 0.332 e. The van der Waals surface area contributed by atoms with Crippen molar-refractivity contribution in [2.45, 2.75) is 32.7 Å². The van der Waals surface area contributed by atoms with Gasteiger partial charge in [-0.3, -0.25) is 18.7 Å². The Morgan fingerprint density at radius 2 is 2.00 bits per heavy atom. The Hall–Kier alpha value is -2.25. The van der Waals surface area contributed by atoms with Gasteiger partial charge >= 0.3 is 5.69 Å². The van der Waals surface area contributed by atoms with Crippen molar-refractivity contribution in [3.8, 4) is 0 Å². The molecule has 0 aliphatic rings. The summed E-state index contributed by atoms with van der Waals surface area (Å²) in [7, 11) is 1.39. The molecule has 1 amide bonds. The number of carbonyl (C=O) groups excluding carboxylic acids is 1. The molecule has 1 heterocycles. The van der Waals surface area contributed by atoms with Gasteiger partial charge in [-0.2, -0.15) is 0 Å². The Morgan fingerprint density at radius 3 is 2.55 bits per heavy atom. The van der Waals surface area contributed by atoms with Gasteiger partial charge in [0.15, 0.2) is 0 Å². The normalized spacial score (nSPS) is 10.5. The zero-order valence-electron chi connectivity index (χ0n) is 11.8. The summed E-state index contributed by atoms with van der Waals surface area (Å²) >= 11 is 0. The minimum absolute atomic E-state index is 0.0800. The topological polar surface area (TPSA) is 125 Å². The van der Waals surface area contributed by atoms with E-state index in [1.165, 1.54) is 11.6 Å². The van der Waals surface area contributed by atoms with Crippen LogP contribution in [0.3, 0.4) is 0 Å². The highest BCUT2D eigenvalue weighted by Crippen LogP contribution is 2.11. The number of hydrogen-bond donors (Lipinski definition) is 3. The molecule has 1 aromatic rings. The quantitative estimate of drug-likeness (QED) is 0.605. The van der Waals surface area contributed by atoms with Gasteiger partial charge in [0.05, 0.1) is 0 Å². The van der Waals surface area contributed by atoms with Gasteiger partial charge in [0, 0.05) is 26.6 Å². The minimum atomic E-state index is -0.510. The third-order valence-corrected chi connectivity index (χ3v) is 2.99. The van der Waals surface area contributed by atoms with Gasteiger partial charge in [-0.25, -0.2) is 4.79 Å². The molecule has 1 rings (SSSR count). The van der Waals surface area contributed by atoms with Crippen LogP contribution in [0.15, 0.2) is 9.59 Å². The average Bonchev–Trinajstić information content (AvgIpc) is 2.40. The molecule has 0 bridgehead atoms. The van der Waals surface area contributed by atoms with Gasteiger partial charge in [-0.1, -0.05) is 13.3 Å². The molecule has 8 heteroatoms. The summed E-state index contributed by atoms with van der Waals surface area (Å²) in [6.07, 6.45) is 1.76. The smallest absolute Gasteiger partial charge is 0.332 e. The molecular formula is C12H21N5O3. The highest BCUT2D eigenvalue weighted by molar-refractivity contribution is 5.74. The third kappa shape index (κ3) is 3.40.